The third-order valence-corrected chi connectivity index (χ3v) is 4.67. The van der Waals surface area contributed by atoms with Crippen LogP contribution in [-0.4, -0.2) is 19.0 Å². The molecule has 2 heterocycles. The van der Waals surface area contributed by atoms with Crippen LogP contribution in [-0.2, 0) is 4.74 Å². The van der Waals surface area contributed by atoms with Crippen LogP contribution in [0.4, 0.5) is 5.00 Å². The Labute approximate surface area is 153 Å². The van der Waals surface area contributed by atoms with Gasteiger partial charge in [-0.15, -0.1) is 11.3 Å². The number of carbonyl (C=O) groups excluding carboxylic acids is 2. The van der Waals surface area contributed by atoms with Crippen molar-refractivity contribution in [3.8, 4) is 11.1 Å². The highest BCUT2D eigenvalue weighted by Crippen LogP contribution is 2.36. The summed E-state index contributed by atoms with van der Waals surface area (Å²) in [7, 11) is 1.30. The lowest BCUT2D eigenvalue weighted by atomic mass is 10.0. The predicted octanol–water partition coefficient (Wildman–Crippen LogP) is 5.01. The molecule has 0 radical (unpaired) electrons. The molecule has 0 atom stereocenters. The smallest absolute Gasteiger partial charge is 0.341 e. The van der Waals surface area contributed by atoms with Gasteiger partial charge in [-0.2, -0.15) is 0 Å². The Morgan fingerprint density at radius 1 is 1.16 bits per heavy atom. The number of nitrogens with one attached hydrogen (secondary N) is 1. The fraction of sp³-hybridized carbons (Fsp3) is 0.111. The van der Waals surface area contributed by atoms with Gasteiger partial charge in [-0.25, -0.2) is 4.79 Å². The van der Waals surface area contributed by atoms with Crippen LogP contribution in [0.25, 0.3) is 11.1 Å². The number of benzene rings is 1. The highest BCUT2D eigenvalue weighted by molar-refractivity contribution is 7.15. The molecule has 3 aromatic rings. The summed E-state index contributed by atoms with van der Waals surface area (Å²) < 4.78 is 10.2. The Hall–Kier alpha value is -2.57. The standard InChI is InChI=1S/C18H14ClNO4S/c1-10-3-8-14(24-10)16(21)20-17-15(18(22)23-2)13(9-25-17)11-4-6-12(19)7-5-11/h3-9H,1-2H3,(H,20,21). The Balaban J connectivity index is 1.98. The summed E-state index contributed by atoms with van der Waals surface area (Å²) in [5.41, 5.74) is 1.77. The first-order valence-electron chi connectivity index (χ1n) is 7.33. The van der Waals surface area contributed by atoms with E-state index >= 15 is 0 Å². The molecule has 0 aliphatic carbocycles. The number of furan rings is 1. The van der Waals surface area contributed by atoms with Crippen molar-refractivity contribution in [3.05, 3.63) is 63.9 Å². The van der Waals surface area contributed by atoms with E-state index in [4.69, 9.17) is 20.8 Å². The number of amides is 1. The largest absolute Gasteiger partial charge is 0.465 e. The van der Waals surface area contributed by atoms with Gasteiger partial charge in [0, 0.05) is 16.0 Å². The maximum absolute atomic E-state index is 12.3. The molecule has 2 aromatic heterocycles. The van der Waals surface area contributed by atoms with Crippen molar-refractivity contribution in [2.24, 2.45) is 0 Å². The second-order valence-corrected chi connectivity index (χ2v) is 6.53. The van der Waals surface area contributed by atoms with Gasteiger partial charge in [-0.05, 0) is 36.8 Å². The molecular formula is C18H14ClNO4S. The molecule has 1 aromatic carbocycles. The molecule has 0 aliphatic rings. The van der Waals surface area contributed by atoms with Crippen molar-refractivity contribution in [1.82, 2.24) is 0 Å². The minimum atomic E-state index is -0.530. The zero-order chi connectivity index (χ0) is 18.0. The molecule has 0 aliphatic heterocycles. The van der Waals surface area contributed by atoms with Gasteiger partial charge in [0.25, 0.3) is 5.91 Å². The van der Waals surface area contributed by atoms with Gasteiger partial charge in [0.15, 0.2) is 5.76 Å². The van der Waals surface area contributed by atoms with E-state index in [0.717, 1.165) is 5.56 Å². The Morgan fingerprint density at radius 3 is 2.48 bits per heavy atom. The topological polar surface area (TPSA) is 68.5 Å². The molecule has 3 rings (SSSR count). The molecule has 1 amide bonds. The Bertz CT molecular complexity index is 927. The molecular weight excluding hydrogens is 362 g/mol. The predicted molar refractivity (Wildman–Crippen MR) is 97.5 cm³/mol. The normalized spacial score (nSPS) is 10.5. The number of rotatable bonds is 4. The van der Waals surface area contributed by atoms with Crippen molar-refractivity contribution in [2.75, 3.05) is 12.4 Å². The molecule has 25 heavy (non-hydrogen) atoms. The van der Waals surface area contributed by atoms with Crippen LogP contribution in [0.3, 0.4) is 0 Å². The summed E-state index contributed by atoms with van der Waals surface area (Å²) in [6.45, 7) is 1.75. The average Bonchev–Trinajstić information content (AvgIpc) is 3.21. The van der Waals surface area contributed by atoms with E-state index in [1.165, 1.54) is 18.4 Å². The SMILES string of the molecule is COC(=O)c1c(-c2ccc(Cl)cc2)csc1NC(=O)c1ccc(C)o1. The summed E-state index contributed by atoms with van der Waals surface area (Å²) in [4.78, 5) is 24.6. The van der Waals surface area contributed by atoms with Crippen LogP contribution in [0.15, 0.2) is 46.2 Å². The number of aryl methyl sites for hydroxylation is 1. The van der Waals surface area contributed by atoms with Crippen LogP contribution in [0.1, 0.15) is 26.7 Å². The second-order valence-electron chi connectivity index (χ2n) is 5.22. The fourth-order valence-corrected chi connectivity index (χ4v) is 3.40. The number of hydrogen-bond acceptors (Lipinski definition) is 5. The number of esters is 1. The summed E-state index contributed by atoms with van der Waals surface area (Å²) in [5, 5.41) is 5.50. The lowest BCUT2D eigenvalue weighted by molar-refractivity contribution is 0.0603. The van der Waals surface area contributed by atoms with E-state index in [-0.39, 0.29) is 5.76 Å². The fourth-order valence-electron chi connectivity index (χ4n) is 2.32. The zero-order valence-electron chi connectivity index (χ0n) is 13.5. The zero-order valence-corrected chi connectivity index (χ0v) is 15.0. The highest BCUT2D eigenvalue weighted by Gasteiger charge is 2.23. The van der Waals surface area contributed by atoms with E-state index in [9.17, 15) is 9.59 Å². The quantitative estimate of drug-likeness (QED) is 0.651. The first kappa shape index (κ1) is 17.3. The minimum absolute atomic E-state index is 0.176. The number of thiophene rings is 1. The molecule has 0 fully saturated rings. The number of methoxy groups -OCH3 is 1. The van der Waals surface area contributed by atoms with Crippen molar-refractivity contribution >= 4 is 39.8 Å². The van der Waals surface area contributed by atoms with Crippen LogP contribution < -0.4 is 5.32 Å². The number of ether oxygens (including phenoxy) is 1. The number of halogens is 1. The summed E-state index contributed by atoms with van der Waals surface area (Å²) >= 11 is 7.16. The molecule has 0 spiro atoms. The molecule has 0 saturated heterocycles. The number of anilines is 1. The van der Waals surface area contributed by atoms with E-state index in [1.807, 2.05) is 0 Å². The molecule has 128 valence electrons. The van der Waals surface area contributed by atoms with Crippen molar-refractivity contribution in [3.63, 3.8) is 0 Å². The highest BCUT2D eigenvalue weighted by atomic mass is 35.5. The third-order valence-electron chi connectivity index (χ3n) is 3.53. The van der Waals surface area contributed by atoms with Crippen molar-refractivity contribution in [2.45, 2.75) is 6.92 Å². The molecule has 0 bridgehead atoms. The summed E-state index contributed by atoms with van der Waals surface area (Å²) in [5.74, 6) is -0.152. The van der Waals surface area contributed by atoms with Crippen LogP contribution in [0, 0.1) is 6.92 Å². The van der Waals surface area contributed by atoms with E-state index in [2.05, 4.69) is 5.32 Å². The maximum Gasteiger partial charge on any atom is 0.341 e. The van der Waals surface area contributed by atoms with Gasteiger partial charge < -0.3 is 14.5 Å². The molecule has 7 heteroatoms. The summed E-state index contributed by atoms with van der Waals surface area (Å²) in [6, 6.07) is 10.4. The molecule has 0 saturated carbocycles. The number of hydrogen-bond donors (Lipinski definition) is 1. The lowest BCUT2D eigenvalue weighted by Crippen LogP contribution is -2.13. The van der Waals surface area contributed by atoms with E-state index in [1.54, 1.807) is 48.7 Å². The van der Waals surface area contributed by atoms with Gasteiger partial charge in [-0.1, -0.05) is 23.7 Å². The third kappa shape index (κ3) is 3.60. The Kier molecular flexibility index (Phi) is 4.92. The monoisotopic (exact) mass is 375 g/mol. The van der Waals surface area contributed by atoms with Crippen LogP contribution >= 0.6 is 22.9 Å². The summed E-state index contributed by atoms with van der Waals surface area (Å²) in [6.07, 6.45) is 0. The van der Waals surface area contributed by atoms with Gasteiger partial charge in [0.05, 0.1) is 7.11 Å². The van der Waals surface area contributed by atoms with Gasteiger partial charge in [0.1, 0.15) is 16.3 Å². The first-order chi connectivity index (χ1) is 12.0. The Morgan fingerprint density at radius 2 is 1.88 bits per heavy atom. The van der Waals surface area contributed by atoms with Crippen molar-refractivity contribution in [1.29, 1.82) is 0 Å². The van der Waals surface area contributed by atoms with E-state index in [0.29, 0.717) is 26.9 Å². The average molecular weight is 376 g/mol. The maximum atomic E-state index is 12.3. The van der Waals surface area contributed by atoms with Crippen molar-refractivity contribution < 1.29 is 18.7 Å². The second kappa shape index (κ2) is 7.13. The molecule has 1 N–H and O–H groups in total. The van der Waals surface area contributed by atoms with Gasteiger partial charge in [-0.3, -0.25) is 4.79 Å². The minimum Gasteiger partial charge on any atom is -0.465 e. The molecule has 5 nitrogen and oxygen atoms in total. The van der Waals surface area contributed by atoms with Crippen LogP contribution in [0.2, 0.25) is 5.02 Å². The first-order valence-corrected chi connectivity index (χ1v) is 8.59. The van der Waals surface area contributed by atoms with Crippen LogP contribution in [0.5, 0.6) is 0 Å². The molecule has 0 unspecified atom stereocenters. The lowest BCUT2D eigenvalue weighted by Gasteiger charge is -2.07. The van der Waals surface area contributed by atoms with E-state index < -0.39 is 11.9 Å². The van der Waals surface area contributed by atoms with Gasteiger partial charge in [0.2, 0.25) is 0 Å². The van der Waals surface area contributed by atoms with Gasteiger partial charge >= 0.3 is 5.97 Å². The number of carbonyl (C=O) groups is 2.